The highest BCUT2D eigenvalue weighted by Gasteiger charge is 2.28. The molecule has 1 heterocycles. The van der Waals surface area contributed by atoms with Gasteiger partial charge in [0.15, 0.2) is 17.8 Å². The third-order valence-corrected chi connectivity index (χ3v) is 2.26. The summed E-state index contributed by atoms with van der Waals surface area (Å²) in [7, 11) is 0. The van der Waals surface area contributed by atoms with E-state index in [9.17, 15) is 23.7 Å². The molecule has 0 unspecified atom stereocenters. The molecule has 0 aliphatic carbocycles. The number of halogens is 2. The molecule has 0 aliphatic rings. The average Bonchev–Trinajstić information content (AvgIpc) is 2.77. The summed E-state index contributed by atoms with van der Waals surface area (Å²) in [4.78, 5) is 23.6. The average molecular weight is 270 g/mol. The number of aromatic nitrogens is 1. The number of hydrogen-bond acceptors (Lipinski definition) is 5. The van der Waals surface area contributed by atoms with Gasteiger partial charge in [-0.15, -0.1) is 0 Å². The number of nitro groups is 1. The number of hydrogen-bond donors (Lipinski definition) is 1. The minimum Gasteiger partial charge on any atom is -0.476 e. The molecule has 0 radical (unpaired) electrons. The fourth-order valence-corrected chi connectivity index (χ4v) is 1.47. The summed E-state index contributed by atoms with van der Waals surface area (Å²) in [6.45, 7) is 0. The highest BCUT2D eigenvalue weighted by molar-refractivity contribution is 5.92. The van der Waals surface area contributed by atoms with Gasteiger partial charge in [-0.3, -0.25) is 10.1 Å². The quantitative estimate of drug-likeness (QED) is 0.676. The number of carboxylic acid groups (broad SMARTS) is 1. The van der Waals surface area contributed by atoms with Crippen LogP contribution in [0.4, 0.5) is 14.5 Å². The zero-order chi connectivity index (χ0) is 14.2. The van der Waals surface area contributed by atoms with Crippen LogP contribution in [0.15, 0.2) is 22.9 Å². The molecule has 1 aromatic carbocycles. The van der Waals surface area contributed by atoms with E-state index in [1.54, 1.807) is 0 Å². The van der Waals surface area contributed by atoms with Gasteiger partial charge in [0.05, 0.1) is 10.5 Å². The van der Waals surface area contributed by atoms with E-state index in [1.165, 1.54) is 0 Å². The lowest BCUT2D eigenvalue weighted by molar-refractivity contribution is -0.387. The smallest absolute Gasteiger partial charge is 0.358 e. The lowest BCUT2D eigenvalue weighted by atomic mass is 10.1. The summed E-state index contributed by atoms with van der Waals surface area (Å²) in [6, 6.07) is 1.27. The van der Waals surface area contributed by atoms with Gasteiger partial charge >= 0.3 is 11.7 Å². The third-order valence-electron chi connectivity index (χ3n) is 2.26. The molecule has 0 amide bonds. The Kier molecular flexibility index (Phi) is 2.95. The van der Waals surface area contributed by atoms with Crippen LogP contribution in [-0.2, 0) is 0 Å². The SMILES string of the molecule is O=C(O)c1ncoc1-c1c(F)ccc([N+](=O)[O-])c1F. The lowest BCUT2D eigenvalue weighted by Crippen LogP contribution is -2.02. The Balaban J connectivity index is 2.75. The fourth-order valence-electron chi connectivity index (χ4n) is 1.47. The molecule has 0 bridgehead atoms. The largest absolute Gasteiger partial charge is 0.476 e. The lowest BCUT2D eigenvalue weighted by Gasteiger charge is -2.03. The van der Waals surface area contributed by atoms with E-state index in [1.807, 2.05) is 0 Å². The second-order valence-corrected chi connectivity index (χ2v) is 3.35. The number of nitrogens with zero attached hydrogens (tertiary/aromatic N) is 2. The van der Waals surface area contributed by atoms with Crippen molar-refractivity contribution < 1.29 is 28.0 Å². The zero-order valence-electron chi connectivity index (χ0n) is 8.96. The van der Waals surface area contributed by atoms with Crippen molar-refractivity contribution >= 4 is 11.7 Å². The highest BCUT2D eigenvalue weighted by Crippen LogP contribution is 2.33. The Hall–Kier alpha value is -2.84. The molecule has 0 saturated heterocycles. The Morgan fingerprint density at radius 3 is 2.68 bits per heavy atom. The normalized spacial score (nSPS) is 10.4. The summed E-state index contributed by atoms with van der Waals surface area (Å²) in [5.74, 6) is -5.01. The van der Waals surface area contributed by atoms with Crippen LogP contribution in [0.5, 0.6) is 0 Å². The number of aromatic carboxylic acids is 1. The van der Waals surface area contributed by atoms with E-state index in [-0.39, 0.29) is 0 Å². The summed E-state index contributed by atoms with van der Waals surface area (Å²) >= 11 is 0. The molecule has 98 valence electrons. The minimum absolute atomic E-state index is 0.630. The van der Waals surface area contributed by atoms with Crippen LogP contribution < -0.4 is 0 Å². The monoisotopic (exact) mass is 270 g/mol. The van der Waals surface area contributed by atoms with E-state index < -0.39 is 45.2 Å². The second kappa shape index (κ2) is 4.44. The maximum atomic E-state index is 13.8. The van der Waals surface area contributed by atoms with Crippen molar-refractivity contribution in [2.75, 3.05) is 0 Å². The summed E-state index contributed by atoms with van der Waals surface area (Å²) < 4.78 is 32.0. The molecule has 1 aromatic heterocycles. The molecule has 2 rings (SSSR count). The first kappa shape index (κ1) is 12.6. The van der Waals surface area contributed by atoms with Gasteiger partial charge in [0.25, 0.3) is 0 Å². The fraction of sp³-hybridized carbons (Fsp3) is 0. The van der Waals surface area contributed by atoms with Crippen molar-refractivity contribution in [2.24, 2.45) is 0 Å². The molecule has 1 N–H and O–H groups in total. The van der Waals surface area contributed by atoms with Crippen LogP contribution in [0.2, 0.25) is 0 Å². The number of nitro benzene ring substituents is 1. The molecule has 2 aromatic rings. The molecule has 7 nitrogen and oxygen atoms in total. The summed E-state index contributed by atoms with van der Waals surface area (Å²) in [6.07, 6.45) is 0.677. The van der Waals surface area contributed by atoms with Crippen molar-refractivity contribution in [3.63, 3.8) is 0 Å². The first-order chi connectivity index (χ1) is 8.93. The van der Waals surface area contributed by atoms with Gasteiger partial charge in [0.1, 0.15) is 5.82 Å². The molecule has 0 aliphatic heterocycles. The number of carboxylic acids is 1. The van der Waals surface area contributed by atoms with Gasteiger partial charge in [0.2, 0.25) is 5.82 Å². The van der Waals surface area contributed by atoms with Crippen LogP contribution in [0.3, 0.4) is 0 Å². The molecule has 19 heavy (non-hydrogen) atoms. The van der Waals surface area contributed by atoms with E-state index in [2.05, 4.69) is 9.40 Å². The van der Waals surface area contributed by atoms with Gasteiger partial charge in [0, 0.05) is 6.07 Å². The summed E-state index contributed by atoms with van der Waals surface area (Å²) in [5.41, 5.74) is -2.67. The number of oxazole rings is 1. The van der Waals surface area contributed by atoms with Gasteiger partial charge in [-0.25, -0.2) is 14.2 Å². The molecule has 0 fully saturated rings. The van der Waals surface area contributed by atoms with Crippen LogP contribution in [0.25, 0.3) is 11.3 Å². The molecule has 9 heteroatoms. The molecule has 0 spiro atoms. The highest BCUT2D eigenvalue weighted by atomic mass is 19.1. The molecule has 0 atom stereocenters. The maximum Gasteiger partial charge on any atom is 0.358 e. The van der Waals surface area contributed by atoms with Crippen molar-refractivity contribution in [1.82, 2.24) is 4.98 Å². The Morgan fingerprint density at radius 1 is 1.42 bits per heavy atom. The number of carbonyl (C=O) groups is 1. The van der Waals surface area contributed by atoms with Crippen molar-refractivity contribution in [3.05, 3.63) is 46.0 Å². The van der Waals surface area contributed by atoms with E-state index in [4.69, 9.17) is 5.11 Å². The first-order valence-corrected chi connectivity index (χ1v) is 4.73. The second-order valence-electron chi connectivity index (χ2n) is 3.35. The number of benzene rings is 1. The zero-order valence-corrected chi connectivity index (χ0v) is 8.96. The van der Waals surface area contributed by atoms with E-state index in [0.717, 1.165) is 0 Å². The van der Waals surface area contributed by atoms with Gasteiger partial charge in [-0.05, 0) is 6.07 Å². The van der Waals surface area contributed by atoms with E-state index in [0.29, 0.717) is 18.5 Å². The minimum atomic E-state index is -1.57. The van der Waals surface area contributed by atoms with Gasteiger partial charge < -0.3 is 9.52 Å². The predicted octanol–water partition coefficient (Wildman–Crippen LogP) is 2.23. The number of rotatable bonds is 3. The van der Waals surface area contributed by atoms with Crippen molar-refractivity contribution in [1.29, 1.82) is 0 Å². The van der Waals surface area contributed by atoms with Crippen LogP contribution in [0, 0.1) is 21.7 Å². The Bertz CT molecular complexity index is 683. The molecular formula is C10H4F2N2O5. The van der Waals surface area contributed by atoms with Crippen molar-refractivity contribution in [2.45, 2.75) is 0 Å². The summed E-state index contributed by atoms with van der Waals surface area (Å²) in [5, 5.41) is 19.3. The van der Waals surface area contributed by atoms with Crippen LogP contribution >= 0.6 is 0 Å². The van der Waals surface area contributed by atoms with Crippen molar-refractivity contribution in [3.8, 4) is 11.3 Å². The third kappa shape index (κ3) is 2.01. The topological polar surface area (TPSA) is 106 Å². The van der Waals surface area contributed by atoms with E-state index >= 15 is 0 Å². The molecular weight excluding hydrogens is 266 g/mol. The Labute approximate surface area is 103 Å². The molecule has 0 saturated carbocycles. The standard InChI is InChI=1S/C10H4F2N2O5/c11-4-1-2-5(14(17)18)7(12)6(4)9-8(10(15)16)13-3-19-9/h1-3H,(H,15,16). The van der Waals surface area contributed by atoms with Gasteiger partial charge in [-0.2, -0.15) is 4.39 Å². The Morgan fingerprint density at radius 2 is 2.11 bits per heavy atom. The first-order valence-electron chi connectivity index (χ1n) is 4.73. The predicted molar refractivity (Wildman–Crippen MR) is 55.5 cm³/mol. The maximum absolute atomic E-state index is 13.8. The van der Waals surface area contributed by atoms with Crippen LogP contribution in [0.1, 0.15) is 10.5 Å². The van der Waals surface area contributed by atoms with Crippen LogP contribution in [-0.4, -0.2) is 21.0 Å². The van der Waals surface area contributed by atoms with Gasteiger partial charge in [-0.1, -0.05) is 0 Å².